The van der Waals surface area contributed by atoms with E-state index in [1.165, 1.54) is 6.42 Å². The number of nitrogens with zero attached hydrogens (tertiary/aromatic N) is 4. The highest BCUT2D eigenvalue weighted by molar-refractivity contribution is 6.30. The molecule has 1 saturated heterocycles. The van der Waals surface area contributed by atoms with E-state index in [9.17, 15) is 4.79 Å². The molecule has 10 heteroatoms. The molecular formula is C28H28ClN7O2. The SMILES string of the molecule is NC[C@@H]1CCCO1.O=C(Nc1ccc(Cl)cc1)c1c(-c2ccc3[nH]ncc3c2)nnn1Cc1ccccc1. The molecule has 3 heterocycles. The molecule has 1 atom stereocenters. The first-order valence-corrected chi connectivity index (χ1v) is 12.8. The molecule has 1 aliphatic rings. The minimum absolute atomic E-state index is 0.300. The Hall–Kier alpha value is -4.05. The Labute approximate surface area is 224 Å². The van der Waals surface area contributed by atoms with Gasteiger partial charge in [-0.3, -0.25) is 9.89 Å². The fourth-order valence-electron chi connectivity index (χ4n) is 4.24. The number of aromatic nitrogens is 5. The van der Waals surface area contributed by atoms with Gasteiger partial charge in [-0.25, -0.2) is 4.68 Å². The second kappa shape index (κ2) is 12.0. The zero-order valence-electron chi connectivity index (χ0n) is 20.7. The number of nitrogens with one attached hydrogen (secondary N) is 2. The molecule has 0 unspecified atom stereocenters. The third-order valence-corrected chi connectivity index (χ3v) is 6.48. The van der Waals surface area contributed by atoms with Gasteiger partial charge in [0.25, 0.3) is 5.91 Å². The smallest absolute Gasteiger partial charge is 0.276 e. The van der Waals surface area contributed by atoms with Gasteiger partial charge >= 0.3 is 0 Å². The van der Waals surface area contributed by atoms with Crippen molar-refractivity contribution in [1.82, 2.24) is 25.2 Å². The number of ether oxygens (including phenoxy) is 1. The molecule has 1 amide bonds. The number of hydrogen-bond donors (Lipinski definition) is 3. The Bertz CT molecular complexity index is 1490. The van der Waals surface area contributed by atoms with Gasteiger partial charge in [0.05, 0.1) is 24.4 Å². The molecule has 9 nitrogen and oxygen atoms in total. The van der Waals surface area contributed by atoms with Gasteiger partial charge in [0.1, 0.15) is 5.69 Å². The highest BCUT2D eigenvalue weighted by Crippen LogP contribution is 2.26. The van der Waals surface area contributed by atoms with Crippen molar-refractivity contribution in [2.45, 2.75) is 25.5 Å². The zero-order chi connectivity index (χ0) is 26.3. The van der Waals surface area contributed by atoms with Crippen LogP contribution in [0.3, 0.4) is 0 Å². The van der Waals surface area contributed by atoms with Crippen molar-refractivity contribution in [3.63, 3.8) is 0 Å². The van der Waals surface area contributed by atoms with Gasteiger partial charge < -0.3 is 15.8 Å². The number of rotatable bonds is 6. The van der Waals surface area contributed by atoms with Gasteiger partial charge in [-0.05, 0) is 54.8 Å². The minimum atomic E-state index is -0.300. The van der Waals surface area contributed by atoms with Gasteiger partial charge in [-0.15, -0.1) is 5.10 Å². The molecule has 6 rings (SSSR count). The third-order valence-electron chi connectivity index (χ3n) is 6.23. The summed E-state index contributed by atoms with van der Waals surface area (Å²) in [6.07, 6.45) is 4.47. The van der Waals surface area contributed by atoms with Crippen molar-refractivity contribution in [3.05, 3.63) is 95.3 Å². The number of H-pyrrole nitrogens is 1. The summed E-state index contributed by atoms with van der Waals surface area (Å²) in [4.78, 5) is 13.3. The van der Waals surface area contributed by atoms with Crippen molar-refractivity contribution in [3.8, 4) is 11.3 Å². The maximum Gasteiger partial charge on any atom is 0.276 e. The number of benzene rings is 3. The highest BCUT2D eigenvalue weighted by Gasteiger charge is 2.22. The quantitative estimate of drug-likeness (QED) is 0.287. The van der Waals surface area contributed by atoms with Crippen molar-refractivity contribution < 1.29 is 9.53 Å². The number of carbonyl (C=O) groups excluding carboxylic acids is 1. The highest BCUT2D eigenvalue weighted by atomic mass is 35.5. The topological polar surface area (TPSA) is 124 Å². The molecule has 194 valence electrons. The number of aromatic amines is 1. The van der Waals surface area contributed by atoms with Crippen LogP contribution in [0.15, 0.2) is 79.0 Å². The molecule has 1 fully saturated rings. The van der Waals surface area contributed by atoms with Crippen molar-refractivity contribution >= 4 is 34.1 Å². The molecule has 0 radical (unpaired) electrons. The lowest BCUT2D eigenvalue weighted by molar-refractivity contribution is 0.101. The average Bonchev–Trinajstić information content (AvgIpc) is 3.71. The van der Waals surface area contributed by atoms with E-state index >= 15 is 0 Å². The molecule has 0 saturated carbocycles. The lowest BCUT2D eigenvalue weighted by atomic mass is 10.1. The molecule has 38 heavy (non-hydrogen) atoms. The first-order chi connectivity index (χ1) is 18.6. The predicted octanol–water partition coefficient (Wildman–Crippen LogP) is 4.90. The van der Waals surface area contributed by atoms with Gasteiger partial charge in [0.2, 0.25) is 0 Å². The Morgan fingerprint density at radius 3 is 2.66 bits per heavy atom. The number of halogens is 1. The molecule has 3 aromatic carbocycles. The Kier molecular flexibility index (Phi) is 8.08. The first-order valence-electron chi connectivity index (χ1n) is 12.4. The Morgan fingerprint density at radius 2 is 1.95 bits per heavy atom. The summed E-state index contributed by atoms with van der Waals surface area (Å²) in [5, 5.41) is 20.1. The third kappa shape index (κ3) is 6.08. The predicted molar refractivity (Wildman–Crippen MR) is 148 cm³/mol. The summed E-state index contributed by atoms with van der Waals surface area (Å²) >= 11 is 5.96. The molecule has 4 N–H and O–H groups in total. The van der Waals surface area contributed by atoms with Crippen LogP contribution in [-0.4, -0.2) is 50.4 Å². The summed E-state index contributed by atoms with van der Waals surface area (Å²) in [6, 6.07) is 22.5. The number of hydrogen-bond acceptors (Lipinski definition) is 6. The van der Waals surface area contributed by atoms with Crippen LogP contribution in [0.25, 0.3) is 22.2 Å². The van der Waals surface area contributed by atoms with E-state index in [0.717, 1.165) is 35.1 Å². The number of carbonyl (C=O) groups is 1. The van der Waals surface area contributed by atoms with Gasteiger partial charge in [-0.2, -0.15) is 5.10 Å². The lowest BCUT2D eigenvalue weighted by Gasteiger charge is -2.10. The molecule has 2 aromatic heterocycles. The van der Waals surface area contributed by atoms with E-state index in [1.54, 1.807) is 35.1 Å². The van der Waals surface area contributed by atoms with Crippen LogP contribution in [0.1, 0.15) is 28.9 Å². The summed E-state index contributed by atoms with van der Waals surface area (Å²) in [7, 11) is 0. The standard InChI is InChI=1S/C23H17ClN6O.C5H11NO/c24-18-7-9-19(10-8-18)26-23(31)22-21(16-6-11-20-17(12-16)13-25-27-20)28-29-30(22)14-15-4-2-1-3-5-15;6-4-5-2-1-3-7-5/h1-13H,14H2,(H,25,27)(H,26,31);5H,1-4,6H2/t;5-/m.0/s1. The fraction of sp³-hybridized carbons (Fsp3) is 0.214. The largest absolute Gasteiger partial charge is 0.377 e. The van der Waals surface area contributed by atoms with Gasteiger partial charge in [0, 0.05) is 34.8 Å². The second-order valence-corrected chi connectivity index (χ2v) is 9.37. The molecule has 1 aliphatic heterocycles. The Morgan fingerprint density at radius 1 is 1.13 bits per heavy atom. The number of anilines is 1. The first kappa shape index (κ1) is 25.6. The van der Waals surface area contributed by atoms with E-state index in [2.05, 4.69) is 25.8 Å². The summed E-state index contributed by atoms with van der Waals surface area (Å²) in [5.74, 6) is -0.300. The van der Waals surface area contributed by atoms with Gasteiger partial charge in [-0.1, -0.05) is 53.2 Å². The number of amides is 1. The van der Waals surface area contributed by atoms with E-state index in [0.29, 0.717) is 41.3 Å². The van der Waals surface area contributed by atoms with E-state index in [1.807, 2.05) is 48.5 Å². The normalized spacial score (nSPS) is 14.7. The summed E-state index contributed by atoms with van der Waals surface area (Å²) in [5.41, 5.74) is 9.54. The van der Waals surface area contributed by atoms with E-state index < -0.39 is 0 Å². The van der Waals surface area contributed by atoms with Crippen LogP contribution in [0, 0.1) is 0 Å². The van der Waals surface area contributed by atoms with E-state index in [-0.39, 0.29) is 5.91 Å². The number of nitrogens with two attached hydrogens (primary N) is 1. The van der Waals surface area contributed by atoms with Crippen LogP contribution in [0.5, 0.6) is 0 Å². The van der Waals surface area contributed by atoms with Gasteiger partial charge in [0.15, 0.2) is 5.69 Å². The number of fused-ring (bicyclic) bond motifs is 1. The van der Waals surface area contributed by atoms with Crippen LogP contribution < -0.4 is 11.1 Å². The Balaban J connectivity index is 0.000000366. The van der Waals surface area contributed by atoms with Crippen LogP contribution in [-0.2, 0) is 11.3 Å². The molecule has 5 aromatic rings. The lowest BCUT2D eigenvalue weighted by Crippen LogP contribution is -2.19. The van der Waals surface area contributed by atoms with Crippen molar-refractivity contribution in [2.24, 2.45) is 5.73 Å². The van der Waals surface area contributed by atoms with Crippen molar-refractivity contribution in [1.29, 1.82) is 0 Å². The minimum Gasteiger partial charge on any atom is -0.377 e. The molecule has 0 aliphatic carbocycles. The van der Waals surface area contributed by atoms with Crippen LogP contribution in [0.2, 0.25) is 5.02 Å². The van der Waals surface area contributed by atoms with Crippen LogP contribution in [0.4, 0.5) is 5.69 Å². The fourth-order valence-corrected chi connectivity index (χ4v) is 4.37. The van der Waals surface area contributed by atoms with Crippen molar-refractivity contribution in [2.75, 3.05) is 18.5 Å². The molecular weight excluding hydrogens is 502 g/mol. The second-order valence-electron chi connectivity index (χ2n) is 8.93. The molecule has 0 spiro atoms. The summed E-state index contributed by atoms with van der Waals surface area (Å²) < 4.78 is 6.80. The average molecular weight is 530 g/mol. The summed E-state index contributed by atoms with van der Waals surface area (Å²) in [6.45, 7) is 2.03. The maximum absolute atomic E-state index is 13.3. The molecule has 0 bridgehead atoms. The monoisotopic (exact) mass is 529 g/mol. The van der Waals surface area contributed by atoms with E-state index in [4.69, 9.17) is 22.1 Å². The van der Waals surface area contributed by atoms with Crippen LogP contribution >= 0.6 is 11.6 Å². The zero-order valence-corrected chi connectivity index (χ0v) is 21.4. The maximum atomic E-state index is 13.3.